The van der Waals surface area contributed by atoms with Crippen molar-refractivity contribution < 1.29 is 24.2 Å². The maximum atomic E-state index is 11.7. The molecule has 20 heavy (non-hydrogen) atoms. The van der Waals surface area contributed by atoms with Crippen LogP contribution in [0.4, 0.5) is 4.79 Å². The van der Waals surface area contributed by atoms with E-state index in [4.69, 9.17) is 9.84 Å². The topological polar surface area (TPSA) is 108 Å². The minimum absolute atomic E-state index is 0.0464. The molecule has 0 saturated carbocycles. The van der Waals surface area contributed by atoms with E-state index in [9.17, 15) is 14.4 Å². The van der Waals surface area contributed by atoms with Crippen LogP contribution in [0.25, 0.3) is 0 Å². The summed E-state index contributed by atoms with van der Waals surface area (Å²) in [6.07, 6.45) is 0. The van der Waals surface area contributed by atoms with Crippen LogP contribution in [-0.2, 0) is 14.3 Å². The van der Waals surface area contributed by atoms with Gasteiger partial charge in [0.1, 0.15) is 5.41 Å². The number of likely N-dealkylation sites (N-methyl/N-ethyl adjacent to an activating group) is 1. The van der Waals surface area contributed by atoms with Gasteiger partial charge in [-0.3, -0.25) is 9.59 Å². The Morgan fingerprint density at radius 3 is 2.65 bits per heavy atom. The molecular weight excluding hydrogens is 266 g/mol. The lowest BCUT2D eigenvalue weighted by Crippen LogP contribution is -2.53. The van der Waals surface area contributed by atoms with Crippen LogP contribution in [-0.4, -0.2) is 67.3 Å². The Labute approximate surface area is 117 Å². The highest BCUT2D eigenvalue weighted by Crippen LogP contribution is 2.28. The third kappa shape index (κ3) is 3.60. The van der Waals surface area contributed by atoms with Crippen molar-refractivity contribution in [3.63, 3.8) is 0 Å². The number of nitrogens with zero attached hydrogens (tertiary/aromatic N) is 1. The molecule has 8 heteroatoms. The Morgan fingerprint density at radius 2 is 2.10 bits per heavy atom. The van der Waals surface area contributed by atoms with Crippen molar-refractivity contribution in [3.05, 3.63) is 0 Å². The van der Waals surface area contributed by atoms with Crippen LogP contribution in [0.2, 0.25) is 0 Å². The van der Waals surface area contributed by atoms with Crippen LogP contribution in [0.15, 0.2) is 0 Å². The van der Waals surface area contributed by atoms with Crippen molar-refractivity contribution in [3.8, 4) is 0 Å². The van der Waals surface area contributed by atoms with E-state index in [0.29, 0.717) is 6.54 Å². The van der Waals surface area contributed by atoms with Crippen LogP contribution in [0.5, 0.6) is 0 Å². The van der Waals surface area contributed by atoms with E-state index in [-0.39, 0.29) is 25.7 Å². The summed E-state index contributed by atoms with van der Waals surface area (Å²) in [5.41, 5.74) is -1.15. The van der Waals surface area contributed by atoms with Gasteiger partial charge in [-0.2, -0.15) is 0 Å². The average Bonchev–Trinajstić information content (AvgIpc) is 2.77. The van der Waals surface area contributed by atoms with Gasteiger partial charge in [0.15, 0.2) is 0 Å². The summed E-state index contributed by atoms with van der Waals surface area (Å²) >= 11 is 0. The highest BCUT2D eigenvalue weighted by Gasteiger charge is 2.47. The summed E-state index contributed by atoms with van der Waals surface area (Å²) in [5.74, 6) is -1.24. The number of carboxylic acid groups (broad SMARTS) is 1. The Morgan fingerprint density at radius 1 is 1.45 bits per heavy atom. The van der Waals surface area contributed by atoms with E-state index in [1.54, 1.807) is 7.05 Å². The molecule has 1 heterocycles. The second-order valence-corrected chi connectivity index (χ2v) is 5.03. The molecule has 1 saturated heterocycles. The molecule has 0 bridgehead atoms. The molecule has 1 aliphatic rings. The summed E-state index contributed by atoms with van der Waals surface area (Å²) < 4.78 is 5.12. The number of ether oxygens (including phenoxy) is 1. The Balaban J connectivity index is 2.47. The van der Waals surface area contributed by atoms with E-state index in [1.165, 1.54) is 11.8 Å². The molecule has 1 fully saturated rings. The highest BCUT2D eigenvalue weighted by atomic mass is 16.5. The quantitative estimate of drug-likeness (QED) is 0.617. The second kappa shape index (κ2) is 6.56. The van der Waals surface area contributed by atoms with Gasteiger partial charge < -0.3 is 25.4 Å². The highest BCUT2D eigenvalue weighted by molar-refractivity contribution is 5.84. The maximum Gasteiger partial charge on any atom is 0.315 e. The molecule has 0 aromatic heterocycles. The molecule has 3 N–H and O–H groups in total. The van der Waals surface area contributed by atoms with E-state index >= 15 is 0 Å². The number of nitrogens with one attached hydrogen (secondary N) is 2. The second-order valence-electron chi connectivity index (χ2n) is 5.03. The van der Waals surface area contributed by atoms with E-state index in [1.807, 2.05) is 6.92 Å². The number of hydrogen-bond acceptors (Lipinski definition) is 4. The molecule has 0 aliphatic carbocycles. The molecule has 114 valence electrons. The standard InChI is InChI=1S/C12H21N3O5/c1-4-15(3)9(16)5-13-11(19)14-8-6-20-7-12(8,2)10(17)18/h8H,4-7H2,1-3H3,(H,17,18)(H2,13,14,19). The SMILES string of the molecule is CCN(C)C(=O)CNC(=O)NC1COCC1(C)C(=O)O. The normalized spacial score (nSPS) is 25.1. The minimum Gasteiger partial charge on any atom is -0.481 e. The van der Waals surface area contributed by atoms with Crippen molar-refractivity contribution in [2.24, 2.45) is 5.41 Å². The van der Waals surface area contributed by atoms with Crippen molar-refractivity contribution in [1.29, 1.82) is 0 Å². The van der Waals surface area contributed by atoms with Gasteiger partial charge in [-0.1, -0.05) is 0 Å². The minimum atomic E-state index is -1.15. The third-order valence-corrected chi connectivity index (χ3v) is 3.55. The van der Waals surface area contributed by atoms with Gasteiger partial charge >= 0.3 is 12.0 Å². The van der Waals surface area contributed by atoms with Crippen LogP contribution >= 0.6 is 0 Å². The van der Waals surface area contributed by atoms with Crippen LogP contribution < -0.4 is 10.6 Å². The number of carbonyl (C=O) groups is 3. The first-order valence-electron chi connectivity index (χ1n) is 6.40. The number of rotatable bonds is 5. The number of urea groups is 1. The largest absolute Gasteiger partial charge is 0.481 e. The van der Waals surface area contributed by atoms with Gasteiger partial charge in [-0.15, -0.1) is 0 Å². The Kier molecular flexibility index (Phi) is 5.32. The molecule has 0 spiro atoms. The van der Waals surface area contributed by atoms with Crippen LogP contribution in [0.1, 0.15) is 13.8 Å². The van der Waals surface area contributed by atoms with Crippen LogP contribution in [0.3, 0.4) is 0 Å². The van der Waals surface area contributed by atoms with Crippen molar-refractivity contribution >= 4 is 17.9 Å². The van der Waals surface area contributed by atoms with Crippen molar-refractivity contribution in [2.45, 2.75) is 19.9 Å². The van der Waals surface area contributed by atoms with E-state index in [0.717, 1.165) is 0 Å². The molecule has 0 aromatic carbocycles. The van der Waals surface area contributed by atoms with E-state index in [2.05, 4.69) is 10.6 Å². The number of carbonyl (C=O) groups excluding carboxylic acids is 2. The summed E-state index contributed by atoms with van der Waals surface area (Å²) in [4.78, 5) is 35.9. The smallest absolute Gasteiger partial charge is 0.315 e. The first-order valence-corrected chi connectivity index (χ1v) is 6.40. The Bertz CT molecular complexity index is 401. The molecule has 3 amide bonds. The molecule has 1 aliphatic heterocycles. The molecule has 8 nitrogen and oxygen atoms in total. The molecule has 2 unspecified atom stereocenters. The first kappa shape index (κ1) is 16.2. The zero-order valence-corrected chi connectivity index (χ0v) is 11.9. The Hall–Kier alpha value is -1.83. The lowest BCUT2D eigenvalue weighted by Gasteiger charge is -2.25. The monoisotopic (exact) mass is 287 g/mol. The predicted octanol–water partition coefficient (Wildman–Crippen LogP) is -0.746. The number of hydrogen-bond donors (Lipinski definition) is 3. The number of aliphatic carboxylic acids is 1. The van der Waals surface area contributed by atoms with Gasteiger partial charge in [-0.05, 0) is 13.8 Å². The maximum absolute atomic E-state index is 11.7. The lowest BCUT2D eigenvalue weighted by molar-refractivity contribution is -0.148. The van der Waals surface area contributed by atoms with Gasteiger partial charge in [0, 0.05) is 13.6 Å². The fraction of sp³-hybridized carbons (Fsp3) is 0.750. The molecule has 0 aromatic rings. The molecular formula is C12H21N3O5. The molecule has 1 rings (SSSR count). The first-order chi connectivity index (χ1) is 9.31. The van der Waals surface area contributed by atoms with Crippen molar-refractivity contribution in [2.75, 3.05) is 33.4 Å². The fourth-order valence-electron chi connectivity index (χ4n) is 1.76. The third-order valence-electron chi connectivity index (χ3n) is 3.55. The fourth-order valence-corrected chi connectivity index (χ4v) is 1.76. The summed E-state index contributed by atoms with van der Waals surface area (Å²) in [7, 11) is 1.63. The number of amides is 3. The zero-order valence-electron chi connectivity index (χ0n) is 11.9. The summed E-state index contributed by atoms with van der Waals surface area (Å²) in [5, 5.41) is 14.1. The average molecular weight is 287 g/mol. The number of carboxylic acids is 1. The molecule has 0 radical (unpaired) electrons. The van der Waals surface area contributed by atoms with Gasteiger partial charge in [0.05, 0.1) is 25.8 Å². The van der Waals surface area contributed by atoms with Crippen LogP contribution in [0, 0.1) is 5.41 Å². The zero-order chi connectivity index (χ0) is 15.3. The van der Waals surface area contributed by atoms with E-state index < -0.39 is 23.5 Å². The van der Waals surface area contributed by atoms with Gasteiger partial charge in [0.2, 0.25) is 5.91 Å². The summed E-state index contributed by atoms with van der Waals surface area (Å²) in [6, 6.07) is -1.20. The van der Waals surface area contributed by atoms with Crippen molar-refractivity contribution in [1.82, 2.24) is 15.5 Å². The molecule has 2 atom stereocenters. The van der Waals surface area contributed by atoms with Gasteiger partial charge in [-0.25, -0.2) is 4.79 Å². The van der Waals surface area contributed by atoms with Gasteiger partial charge in [0.25, 0.3) is 0 Å². The summed E-state index contributed by atoms with van der Waals surface area (Å²) in [6.45, 7) is 3.95. The predicted molar refractivity (Wildman–Crippen MR) is 70.2 cm³/mol. The lowest BCUT2D eigenvalue weighted by atomic mass is 9.85.